The molecule has 1 fully saturated rings. The largest absolute Gasteiger partial charge is 0.354 e. The molecule has 0 aromatic heterocycles. The fourth-order valence-electron chi connectivity index (χ4n) is 2.22. The molecule has 1 N–H and O–H groups in total. The summed E-state index contributed by atoms with van der Waals surface area (Å²) in [5.74, 6) is 1.45. The number of hydrogen-bond donors (Lipinski definition) is 1. The number of hydrogen-bond acceptors (Lipinski definition) is 1. The molecule has 1 amide bonds. The van der Waals surface area contributed by atoms with E-state index in [-0.39, 0.29) is 11.9 Å². The minimum Gasteiger partial charge on any atom is -0.354 e. The molecular weight excluding hydrogens is 210 g/mol. The van der Waals surface area contributed by atoms with E-state index in [4.69, 9.17) is 11.6 Å². The van der Waals surface area contributed by atoms with Gasteiger partial charge in [-0.05, 0) is 32.1 Å². The average Bonchev–Trinajstić information content (AvgIpc) is 2.19. The molecule has 88 valence electrons. The highest BCUT2D eigenvalue weighted by atomic mass is 35.5. The fourth-order valence-corrected chi connectivity index (χ4v) is 2.55. The lowest BCUT2D eigenvalue weighted by Crippen LogP contribution is -2.34. The van der Waals surface area contributed by atoms with Crippen LogP contribution < -0.4 is 5.32 Å². The molecule has 1 saturated carbocycles. The van der Waals surface area contributed by atoms with E-state index in [1.807, 2.05) is 6.92 Å². The lowest BCUT2D eigenvalue weighted by molar-refractivity contribution is -0.122. The zero-order valence-corrected chi connectivity index (χ0v) is 10.4. The highest BCUT2D eigenvalue weighted by molar-refractivity contribution is 6.17. The molecule has 0 heterocycles. The molecule has 0 spiro atoms. The molecule has 0 aromatic rings. The summed E-state index contributed by atoms with van der Waals surface area (Å²) in [6.07, 6.45) is 7.99. The zero-order chi connectivity index (χ0) is 11.1. The van der Waals surface area contributed by atoms with Gasteiger partial charge in [0.05, 0.1) is 0 Å². The van der Waals surface area contributed by atoms with Gasteiger partial charge in [0.15, 0.2) is 0 Å². The summed E-state index contributed by atoms with van der Waals surface area (Å²) in [7, 11) is 0. The van der Waals surface area contributed by atoms with Crippen LogP contribution >= 0.6 is 11.6 Å². The summed E-state index contributed by atoms with van der Waals surface area (Å²) in [5, 5.41) is 3.00. The van der Waals surface area contributed by atoms with Crippen molar-refractivity contribution in [2.75, 3.05) is 5.88 Å². The van der Waals surface area contributed by atoms with Gasteiger partial charge >= 0.3 is 0 Å². The lowest BCUT2D eigenvalue weighted by atomic mass is 9.87. The van der Waals surface area contributed by atoms with E-state index in [1.54, 1.807) is 0 Å². The van der Waals surface area contributed by atoms with E-state index in [1.165, 1.54) is 32.1 Å². The van der Waals surface area contributed by atoms with Gasteiger partial charge in [-0.25, -0.2) is 0 Å². The minimum atomic E-state index is 0.208. The van der Waals surface area contributed by atoms with E-state index >= 15 is 0 Å². The van der Waals surface area contributed by atoms with E-state index in [9.17, 15) is 4.79 Å². The third-order valence-corrected chi connectivity index (χ3v) is 3.37. The van der Waals surface area contributed by atoms with Gasteiger partial charge in [-0.15, -0.1) is 11.6 Å². The number of carbonyl (C=O) groups is 1. The quantitative estimate of drug-likeness (QED) is 0.724. The van der Waals surface area contributed by atoms with Gasteiger partial charge < -0.3 is 5.32 Å². The van der Waals surface area contributed by atoms with Crippen LogP contribution in [0.3, 0.4) is 0 Å². The Kier molecular flexibility index (Phi) is 6.07. The van der Waals surface area contributed by atoms with Crippen LogP contribution in [-0.4, -0.2) is 17.8 Å². The van der Waals surface area contributed by atoms with Gasteiger partial charge in [0, 0.05) is 18.3 Å². The highest BCUT2D eigenvalue weighted by Crippen LogP contribution is 2.26. The maximum Gasteiger partial charge on any atom is 0.220 e. The number of rotatable bonds is 5. The van der Waals surface area contributed by atoms with Crippen LogP contribution in [0.25, 0.3) is 0 Å². The van der Waals surface area contributed by atoms with Gasteiger partial charge in [-0.2, -0.15) is 0 Å². The van der Waals surface area contributed by atoms with Crippen molar-refractivity contribution in [2.24, 2.45) is 5.92 Å². The molecule has 0 aliphatic heterocycles. The van der Waals surface area contributed by atoms with Crippen molar-refractivity contribution in [3.8, 4) is 0 Å². The van der Waals surface area contributed by atoms with Crippen molar-refractivity contribution in [1.29, 1.82) is 0 Å². The molecule has 1 aliphatic rings. The summed E-state index contributed by atoms with van der Waals surface area (Å²) in [6.45, 7) is 2.02. The minimum absolute atomic E-state index is 0.208. The maximum atomic E-state index is 11.6. The molecule has 2 nitrogen and oxygen atoms in total. The normalized spacial score (nSPS) is 19.9. The third kappa shape index (κ3) is 5.41. The van der Waals surface area contributed by atoms with Gasteiger partial charge in [0.2, 0.25) is 5.91 Å². The van der Waals surface area contributed by atoms with Crippen molar-refractivity contribution in [3.05, 3.63) is 0 Å². The second-order valence-corrected chi connectivity index (χ2v) is 5.03. The number of amides is 1. The molecule has 1 rings (SSSR count). The maximum absolute atomic E-state index is 11.6. The molecule has 1 aliphatic carbocycles. The highest BCUT2D eigenvalue weighted by Gasteiger charge is 2.17. The zero-order valence-electron chi connectivity index (χ0n) is 9.60. The molecule has 0 saturated heterocycles. The number of halogens is 1. The van der Waals surface area contributed by atoms with Gasteiger partial charge in [-0.3, -0.25) is 4.79 Å². The second-order valence-electron chi connectivity index (χ2n) is 4.65. The Morgan fingerprint density at radius 1 is 1.40 bits per heavy atom. The Balaban J connectivity index is 2.16. The van der Waals surface area contributed by atoms with E-state index in [0.717, 1.165) is 6.42 Å². The Morgan fingerprint density at radius 2 is 2.07 bits per heavy atom. The van der Waals surface area contributed by atoms with Gasteiger partial charge in [0.25, 0.3) is 0 Å². The first-order valence-corrected chi connectivity index (χ1v) is 6.61. The van der Waals surface area contributed by atoms with Crippen LogP contribution in [0.4, 0.5) is 0 Å². The van der Waals surface area contributed by atoms with Crippen LogP contribution in [0, 0.1) is 5.92 Å². The van der Waals surface area contributed by atoms with Crippen LogP contribution in [0.15, 0.2) is 0 Å². The van der Waals surface area contributed by atoms with E-state index in [2.05, 4.69) is 5.32 Å². The Hall–Kier alpha value is -0.240. The van der Waals surface area contributed by atoms with E-state index < -0.39 is 0 Å². The Labute approximate surface area is 97.8 Å². The van der Waals surface area contributed by atoms with E-state index in [0.29, 0.717) is 18.2 Å². The summed E-state index contributed by atoms with van der Waals surface area (Å²) >= 11 is 5.62. The fraction of sp³-hybridized carbons (Fsp3) is 0.917. The third-order valence-electron chi connectivity index (χ3n) is 3.15. The van der Waals surface area contributed by atoms with Crippen molar-refractivity contribution in [1.82, 2.24) is 5.32 Å². The second kappa shape index (κ2) is 7.10. The first-order chi connectivity index (χ1) is 7.22. The predicted octanol–water partition coefficient (Wildman–Crippen LogP) is 3.09. The van der Waals surface area contributed by atoms with Crippen LogP contribution in [0.1, 0.15) is 51.9 Å². The van der Waals surface area contributed by atoms with Crippen molar-refractivity contribution >= 4 is 17.5 Å². The first-order valence-electron chi connectivity index (χ1n) is 6.07. The van der Waals surface area contributed by atoms with Crippen LogP contribution in [0.5, 0.6) is 0 Å². The van der Waals surface area contributed by atoms with Gasteiger partial charge in [0.1, 0.15) is 0 Å². The molecule has 15 heavy (non-hydrogen) atoms. The number of nitrogens with one attached hydrogen (secondary N) is 1. The number of alkyl halides is 1. The van der Waals surface area contributed by atoms with Crippen LogP contribution in [0.2, 0.25) is 0 Å². The summed E-state index contributed by atoms with van der Waals surface area (Å²) in [6, 6.07) is 0.221. The molecule has 1 unspecified atom stereocenters. The predicted molar refractivity (Wildman–Crippen MR) is 64.1 cm³/mol. The summed E-state index contributed by atoms with van der Waals surface area (Å²) < 4.78 is 0. The summed E-state index contributed by atoms with van der Waals surface area (Å²) in [4.78, 5) is 11.6. The smallest absolute Gasteiger partial charge is 0.220 e. The standard InChI is InChI=1S/C12H22ClNO/c1-10(7-8-13)14-12(15)9-11-5-3-2-4-6-11/h10-11H,2-9H2,1H3,(H,14,15). The molecular formula is C12H22ClNO. The van der Waals surface area contributed by atoms with Crippen molar-refractivity contribution in [2.45, 2.75) is 57.9 Å². The summed E-state index contributed by atoms with van der Waals surface area (Å²) in [5.41, 5.74) is 0. The SMILES string of the molecule is CC(CCCl)NC(=O)CC1CCCCC1. The molecule has 0 bridgehead atoms. The first kappa shape index (κ1) is 12.8. The molecule has 1 atom stereocenters. The monoisotopic (exact) mass is 231 g/mol. The van der Waals surface area contributed by atoms with Gasteiger partial charge in [-0.1, -0.05) is 19.3 Å². The molecule has 0 aromatic carbocycles. The van der Waals surface area contributed by atoms with Crippen molar-refractivity contribution < 1.29 is 4.79 Å². The Bertz CT molecular complexity index is 190. The lowest BCUT2D eigenvalue weighted by Gasteiger charge is -2.22. The van der Waals surface area contributed by atoms with Crippen LogP contribution in [-0.2, 0) is 4.79 Å². The molecule has 3 heteroatoms. The van der Waals surface area contributed by atoms with Crippen molar-refractivity contribution in [3.63, 3.8) is 0 Å². The topological polar surface area (TPSA) is 29.1 Å². The Morgan fingerprint density at radius 3 is 2.67 bits per heavy atom. The number of carbonyl (C=O) groups excluding carboxylic acids is 1. The molecule has 0 radical (unpaired) electrons. The average molecular weight is 232 g/mol.